The first-order valence-corrected chi connectivity index (χ1v) is 7.28. The van der Waals surface area contributed by atoms with Gasteiger partial charge in [0.2, 0.25) is 0 Å². The number of anilines is 2. The highest BCUT2D eigenvalue weighted by Crippen LogP contribution is 2.18. The molecule has 3 rings (SSSR count). The Kier molecular flexibility index (Phi) is 3.92. The highest BCUT2D eigenvalue weighted by Gasteiger charge is 2.10. The zero-order valence-electron chi connectivity index (χ0n) is 13.1. The number of nitrogens with one attached hydrogen (secondary N) is 1. The summed E-state index contributed by atoms with van der Waals surface area (Å²) in [6.07, 6.45) is 1.32. The van der Waals surface area contributed by atoms with Crippen LogP contribution in [0.1, 0.15) is 29.9 Å². The van der Waals surface area contributed by atoms with Crippen molar-refractivity contribution in [2.24, 2.45) is 0 Å². The van der Waals surface area contributed by atoms with Gasteiger partial charge < -0.3 is 10.1 Å². The summed E-state index contributed by atoms with van der Waals surface area (Å²) in [7, 11) is 0. The van der Waals surface area contributed by atoms with Gasteiger partial charge >= 0.3 is 5.97 Å². The van der Waals surface area contributed by atoms with Crippen molar-refractivity contribution in [3.63, 3.8) is 0 Å². The summed E-state index contributed by atoms with van der Waals surface area (Å²) in [5, 5.41) is 7.39. The minimum atomic E-state index is -0.329. The lowest BCUT2D eigenvalue weighted by molar-refractivity contribution is 0.0378. The predicted octanol–water partition coefficient (Wildman–Crippen LogP) is 2.74. The van der Waals surface area contributed by atoms with E-state index in [0.29, 0.717) is 11.3 Å². The number of carbonyl (C=O) groups excluding carboxylic acids is 1. The molecule has 0 aliphatic heterocycles. The lowest BCUT2D eigenvalue weighted by Crippen LogP contribution is -2.11. The number of hydrogen-bond donors (Lipinski definition) is 1. The molecule has 2 aromatic heterocycles. The Hall–Kier alpha value is -2.96. The monoisotopic (exact) mass is 311 g/mol. The average molecular weight is 311 g/mol. The summed E-state index contributed by atoms with van der Waals surface area (Å²) in [6, 6.07) is 8.95. The molecule has 0 saturated carbocycles. The Bertz CT molecular complexity index is 839. The van der Waals surface area contributed by atoms with Crippen LogP contribution in [0.5, 0.6) is 0 Å². The quantitative estimate of drug-likeness (QED) is 0.746. The molecule has 1 aromatic carbocycles. The lowest BCUT2D eigenvalue weighted by Gasteiger charge is -2.10. The van der Waals surface area contributed by atoms with Gasteiger partial charge in [-0.05, 0) is 45.0 Å². The van der Waals surface area contributed by atoms with Crippen LogP contribution in [-0.4, -0.2) is 31.7 Å². The van der Waals surface area contributed by atoms with Crippen LogP contribution >= 0.6 is 0 Å². The van der Waals surface area contributed by atoms with Gasteiger partial charge in [-0.15, -0.1) is 0 Å². The van der Waals surface area contributed by atoms with E-state index >= 15 is 0 Å². The number of nitrogens with zero attached hydrogens (tertiary/aromatic N) is 4. The van der Waals surface area contributed by atoms with Crippen LogP contribution in [0.25, 0.3) is 5.78 Å². The number of hydrogen-bond acceptors (Lipinski definition) is 6. The fraction of sp³-hybridized carbons (Fsp3) is 0.250. The molecule has 118 valence electrons. The molecular formula is C16H17N5O2. The average Bonchev–Trinajstić information content (AvgIpc) is 2.95. The Morgan fingerprint density at radius 3 is 2.70 bits per heavy atom. The summed E-state index contributed by atoms with van der Waals surface area (Å²) >= 11 is 0. The number of aryl methyl sites for hydroxylation is 1. The highest BCUT2D eigenvalue weighted by atomic mass is 16.5. The van der Waals surface area contributed by atoms with E-state index in [1.54, 1.807) is 16.6 Å². The first-order chi connectivity index (χ1) is 11.0. The van der Waals surface area contributed by atoms with Crippen LogP contribution in [0, 0.1) is 6.92 Å². The molecule has 0 unspecified atom stereocenters. The van der Waals surface area contributed by atoms with Gasteiger partial charge in [0, 0.05) is 17.4 Å². The van der Waals surface area contributed by atoms with E-state index in [-0.39, 0.29) is 12.1 Å². The van der Waals surface area contributed by atoms with Crippen molar-refractivity contribution in [2.45, 2.75) is 26.9 Å². The first-order valence-electron chi connectivity index (χ1n) is 7.28. The third-order valence-corrected chi connectivity index (χ3v) is 3.12. The standard InChI is InChI=1S/C16H17N5O2/c1-10(2)23-15(22)12-4-6-13(7-5-12)20-14-8-11(3)19-16-17-9-18-21(14)16/h4-10,20H,1-3H3. The molecule has 0 bridgehead atoms. The number of esters is 1. The van der Waals surface area contributed by atoms with Crippen molar-refractivity contribution in [1.29, 1.82) is 0 Å². The molecule has 0 atom stereocenters. The topological polar surface area (TPSA) is 81.4 Å². The molecule has 0 spiro atoms. The highest BCUT2D eigenvalue weighted by molar-refractivity contribution is 5.90. The minimum absolute atomic E-state index is 0.138. The van der Waals surface area contributed by atoms with E-state index in [0.717, 1.165) is 17.2 Å². The van der Waals surface area contributed by atoms with Gasteiger partial charge in [0.1, 0.15) is 12.1 Å². The second-order valence-electron chi connectivity index (χ2n) is 5.41. The van der Waals surface area contributed by atoms with Crippen molar-refractivity contribution in [1.82, 2.24) is 19.6 Å². The maximum atomic E-state index is 11.8. The number of rotatable bonds is 4. The lowest BCUT2D eigenvalue weighted by atomic mass is 10.2. The number of fused-ring (bicyclic) bond motifs is 1. The van der Waals surface area contributed by atoms with E-state index in [2.05, 4.69) is 20.4 Å². The molecule has 7 nitrogen and oxygen atoms in total. The van der Waals surface area contributed by atoms with Crippen LogP contribution in [0.3, 0.4) is 0 Å². The van der Waals surface area contributed by atoms with Gasteiger partial charge in [0.25, 0.3) is 5.78 Å². The Balaban J connectivity index is 1.83. The molecule has 0 amide bonds. The first kappa shape index (κ1) is 15.0. The molecule has 3 aromatic rings. The Morgan fingerprint density at radius 1 is 1.26 bits per heavy atom. The van der Waals surface area contributed by atoms with E-state index < -0.39 is 0 Å². The van der Waals surface area contributed by atoms with Gasteiger partial charge in [-0.3, -0.25) is 0 Å². The molecular weight excluding hydrogens is 294 g/mol. The summed E-state index contributed by atoms with van der Waals surface area (Å²) in [5.74, 6) is 0.956. The van der Waals surface area contributed by atoms with Crippen molar-refractivity contribution in [3.05, 3.63) is 47.9 Å². The van der Waals surface area contributed by atoms with Crippen molar-refractivity contribution in [2.75, 3.05) is 5.32 Å². The largest absolute Gasteiger partial charge is 0.459 e. The van der Waals surface area contributed by atoms with Crippen molar-refractivity contribution in [3.8, 4) is 0 Å². The van der Waals surface area contributed by atoms with E-state index in [1.807, 2.05) is 39.0 Å². The maximum Gasteiger partial charge on any atom is 0.338 e. The van der Waals surface area contributed by atoms with Crippen LogP contribution in [0.15, 0.2) is 36.7 Å². The number of benzene rings is 1. The minimum Gasteiger partial charge on any atom is -0.459 e. The van der Waals surface area contributed by atoms with Gasteiger partial charge in [0.15, 0.2) is 0 Å². The molecule has 0 aliphatic rings. The zero-order valence-corrected chi connectivity index (χ0v) is 13.1. The van der Waals surface area contributed by atoms with E-state index in [1.165, 1.54) is 6.33 Å². The fourth-order valence-electron chi connectivity index (χ4n) is 2.14. The van der Waals surface area contributed by atoms with Crippen LogP contribution in [0.4, 0.5) is 11.5 Å². The van der Waals surface area contributed by atoms with Crippen LogP contribution in [-0.2, 0) is 4.74 Å². The van der Waals surface area contributed by atoms with Crippen molar-refractivity contribution < 1.29 is 9.53 Å². The summed E-state index contributed by atoms with van der Waals surface area (Å²) in [4.78, 5) is 20.2. The smallest absolute Gasteiger partial charge is 0.338 e. The Labute approximate surface area is 133 Å². The van der Waals surface area contributed by atoms with E-state index in [4.69, 9.17) is 4.74 Å². The molecule has 0 radical (unpaired) electrons. The molecule has 0 aliphatic carbocycles. The second-order valence-corrected chi connectivity index (χ2v) is 5.41. The number of aromatic nitrogens is 4. The Morgan fingerprint density at radius 2 is 2.00 bits per heavy atom. The second kappa shape index (κ2) is 6.04. The van der Waals surface area contributed by atoms with E-state index in [9.17, 15) is 4.79 Å². The molecule has 0 saturated heterocycles. The fourth-order valence-corrected chi connectivity index (χ4v) is 2.14. The van der Waals surface area contributed by atoms with Crippen LogP contribution < -0.4 is 5.32 Å². The van der Waals surface area contributed by atoms with Gasteiger partial charge in [-0.2, -0.15) is 14.6 Å². The van der Waals surface area contributed by atoms with Gasteiger partial charge in [-0.1, -0.05) is 0 Å². The molecule has 7 heteroatoms. The molecule has 2 heterocycles. The maximum absolute atomic E-state index is 11.8. The zero-order chi connectivity index (χ0) is 16.4. The normalized spacial score (nSPS) is 11.0. The summed E-state index contributed by atoms with van der Waals surface area (Å²) in [6.45, 7) is 5.54. The third-order valence-electron chi connectivity index (χ3n) is 3.12. The van der Waals surface area contributed by atoms with Crippen molar-refractivity contribution >= 4 is 23.3 Å². The summed E-state index contributed by atoms with van der Waals surface area (Å²) < 4.78 is 6.79. The number of carbonyl (C=O) groups is 1. The summed E-state index contributed by atoms with van der Waals surface area (Å²) in [5.41, 5.74) is 2.18. The SMILES string of the molecule is Cc1cc(Nc2ccc(C(=O)OC(C)C)cc2)n2ncnc2n1. The predicted molar refractivity (Wildman–Crippen MR) is 85.8 cm³/mol. The molecule has 1 N–H and O–H groups in total. The third kappa shape index (κ3) is 3.28. The number of ether oxygens (including phenoxy) is 1. The van der Waals surface area contributed by atoms with Gasteiger partial charge in [0.05, 0.1) is 11.7 Å². The van der Waals surface area contributed by atoms with Gasteiger partial charge in [-0.25, -0.2) is 9.78 Å². The molecule has 23 heavy (non-hydrogen) atoms. The van der Waals surface area contributed by atoms with Crippen LogP contribution in [0.2, 0.25) is 0 Å². The molecule has 0 fully saturated rings.